The summed E-state index contributed by atoms with van der Waals surface area (Å²) in [5, 5.41) is 2.86. The summed E-state index contributed by atoms with van der Waals surface area (Å²) in [7, 11) is 3.30. The maximum absolute atomic E-state index is 12.3. The molecular formula is C19H20N2O4. The summed E-state index contributed by atoms with van der Waals surface area (Å²) in [5.41, 5.74) is 2.14. The van der Waals surface area contributed by atoms with E-state index in [0.29, 0.717) is 35.9 Å². The number of rotatable bonds is 4. The van der Waals surface area contributed by atoms with Gasteiger partial charge in [-0.05, 0) is 35.9 Å². The number of nitrogens with zero attached hydrogens (tertiary/aromatic N) is 1. The van der Waals surface area contributed by atoms with Crippen LogP contribution in [0.1, 0.15) is 12.0 Å². The van der Waals surface area contributed by atoms with Gasteiger partial charge in [0.2, 0.25) is 11.8 Å². The van der Waals surface area contributed by atoms with Crippen molar-refractivity contribution in [2.75, 3.05) is 31.0 Å². The van der Waals surface area contributed by atoms with Gasteiger partial charge in [-0.3, -0.25) is 9.59 Å². The predicted octanol–water partition coefficient (Wildman–Crippen LogP) is 2.62. The van der Waals surface area contributed by atoms with E-state index in [-0.39, 0.29) is 18.2 Å². The van der Waals surface area contributed by atoms with Crippen LogP contribution in [-0.2, 0) is 16.0 Å². The van der Waals surface area contributed by atoms with E-state index in [1.807, 2.05) is 24.3 Å². The highest BCUT2D eigenvalue weighted by Gasteiger charge is 2.20. The molecule has 0 unspecified atom stereocenters. The van der Waals surface area contributed by atoms with Crippen molar-refractivity contribution in [3.05, 3.63) is 48.0 Å². The lowest BCUT2D eigenvalue weighted by Crippen LogP contribution is -2.25. The van der Waals surface area contributed by atoms with Crippen molar-refractivity contribution < 1.29 is 19.1 Å². The van der Waals surface area contributed by atoms with Gasteiger partial charge in [0.1, 0.15) is 11.5 Å². The first-order valence-corrected chi connectivity index (χ1v) is 8.03. The van der Waals surface area contributed by atoms with E-state index in [4.69, 9.17) is 9.47 Å². The molecule has 0 radical (unpaired) electrons. The van der Waals surface area contributed by atoms with Crippen LogP contribution >= 0.6 is 0 Å². The molecule has 0 fully saturated rings. The molecule has 25 heavy (non-hydrogen) atoms. The van der Waals surface area contributed by atoms with Crippen LogP contribution in [0.15, 0.2) is 42.5 Å². The number of nitrogens with one attached hydrogen (secondary N) is 1. The lowest BCUT2D eigenvalue weighted by molar-refractivity contribution is -0.118. The van der Waals surface area contributed by atoms with Crippen LogP contribution in [0.25, 0.3) is 0 Å². The Kier molecular flexibility index (Phi) is 4.88. The van der Waals surface area contributed by atoms with Crippen molar-refractivity contribution in [3.8, 4) is 11.5 Å². The number of ether oxygens (including phenoxy) is 2. The molecule has 1 aliphatic rings. The molecule has 6 nitrogen and oxygen atoms in total. The van der Waals surface area contributed by atoms with Gasteiger partial charge in [0, 0.05) is 12.7 Å². The van der Waals surface area contributed by atoms with Crippen LogP contribution in [-0.4, -0.2) is 32.6 Å². The molecule has 2 aromatic carbocycles. The fourth-order valence-corrected chi connectivity index (χ4v) is 2.70. The second-order valence-electron chi connectivity index (χ2n) is 5.81. The summed E-state index contributed by atoms with van der Waals surface area (Å²) < 4.78 is 10.7. The van der Waals surface area contributed by atoms with Crippen LogP contribution in [0.4, 0.5) is 11.4 Å². The summed E-state index contributed by atoms with van der Waals surface area (Å²) in [4.78, 5) is 25.8. The van der Waals surface area contributed by atoms with E-state index in [1.54, 1.807) is 37.3 Å². The number of carbonyl (C=O) groups is 2. The number of hydrogen-bond acceptors (Lipinski definition) is 4. The fraction of sp³-hybridized carbons (Fsp3) is 0.263. The number of methoxy groups -OCH3 is 1. The molecule has 0 aliphatic carbocycles. The molecule has 3 rings (SSSR count). The van der Waals surface area contributed by atoms with Crippen molar-refractivity contribution >= 4 is 23.2 Å². The Balaban J connectivity index is 1.73. The van der Waals surface area contributed by atoms with Gasteiger partial charge in [0.15, 0.2) is 0 Å². The van der Waals surface area contributed by atoms with E-state index in [0.717, 1.165) is 5.56 Å². The zero-order valence-electron chi connectivity index (χ0n) is 14.2. The van der Waals surface area contributed by atoms with Gasteiger partial charge in [-0.15, -0.1) is 0 Å². The van der Waals surface area contributed by atoms with Crippen molar-refractivity contribution in [3.63, 3.8) is 0 Å². The van der Waals surface area contributed by atoms with E-state index in [1.165, 1.54) is 0 Å². The third-order valence-electron chi connectivity index (χ3n) is 4.05. The smallest absolute Gasteiger partial charge is 0.230 e. The zero-order valence-corrected chi connectivity index (χ0v) is 14.2. The van der Waals surface area contributed by atoms with Gasteiger partial charge >= 0.3 is 0 Å². The summed E-state index contributed by atoms with van der Waals surface area (Å²) in [6.45, 7) is 0.359. The highest BCUT2D eigenvalue weighted by atomic mass is 16.5. The second-order valence-corrected chi connectivity index (χ2v) is 5.81. The normalized spacial score (nSPS) is 13.5. The van der Waals surface area contributed by atoms with Gasteiger partial charge in [0.25, 0.3) is 0 Å². The molecule has 2 aromatic rings. The van der Waals surface area contributed by atoms with Gasteiger partial charge in [0.05, 0.1) is 32.2 Å². The van der Waals surface area contributed by atoms with E-state index in [2.05, 4.69) is 5.32 Å². The van der Waals surface area contributed by atoms with Crippen LogP contribution in [0.3, 0.4) is 0 Å². The monoisotopic (exact) mass is 340 g/mol. The molecule has 1 heterocycles. The minimum absolute atomic E-state index is 0.0152. The van der Waals surface area contributed by atoms with Gasteiger partial charge in [-0.1, -0.05) is 12.1 Å². The number of carbonyl (C=O) groups excluding carboxylic acids is 2. The Labute approximate surface area is 146 Å². The minimum Gasteiger partial charge on any atom is -0.497 e. The van der Waals surface area contributed by atoms with Crippen LogP contribution in [0.5, 0.6) is 11.5 Å². The summed E-state index contributed by atoms with van der Waals surface area (Å²) >= 11 is 0. The Hall–Kier alpha value is -3.02. The molecule has 0 spiro atoms. The molecule has 6 heteroatoms. The first kappa shape index (κ1) is 16.8. The predicted molar refractivity (Wildman–Crippen MR) is 95.3 cm³/mol. The third-order valence-corrected chi connectivity index (χ3v) is 4.05. The highest BCUT2D eigenvalue weighted by molar-refractivity contribution is 5.97. The molecule has 0 atom stereocenters. The van der Waals surface area contributed by atoms with Gasteiger partial charge in [-0.25, -0.2) is 0 Å². The van der Waals surface area contributed by atoms with Crippen molar-refractivity contribution in [2.45, 2.75) is 12.8 Å². The van der Waals surface area contributed by atoms with Crippen LogP contribution < -0.4 is 19.7 Å². The standard InChI is InChI=1S/C19H20N2O4/c1-21-16-12-14(6-7-17(16)25-9-8-19(21)23)20-18(22)11-13-4-3-5-15(10-13)24-2/h3-7,10,12H,8-9,11H2,1-2H3,(H,20,22). The molecule has 1 aliphatic heterocycles. The number of amides is 2. The number of hydrogen-bond donors (Lipinski definition) is 1. The Morgan fingerprint density at radius 2 is 2.12 bits per heavy atom. The first-order valence-electron chi connectivity index (χ1n) is 8.03. The Morgan fingerprint density at radius 1 is 1.28 bits per heavy atom. The zero-order chi connectivity index (χ0) is 17.8. The van der Waals surface area contributed by atoms with E-state index < -0.39 is 0 Å². The lowest BCUT2D eigenvalue weighted by atomic mass is 10.1. The summed E-state index contributed by atoms with van der Waals surface area (Å²) in [6, 6.07) is 12.7. The SMILES string of the molecule is COc1cccc(CC(=O)Nc2ccc3c(c2)N(C)C(=O)CCO3)c1. The van der Waals surface area contributed by atoms with Crippen molar-refractivity contribution in [2.24, 2.45) is 0 Å². The minimum atomic E-state index is -0.142. The fourth-order valence-electron chi connectivity index (χ4n) is 2.70. The quantitative estimate of drug-likeness (QED) is 0.929. The van der Waals surface area contributed by atoms with Crippen molar-refractivity contribution in [1.82, 2.24) is 0 Å². The van der Waals surface area contributed by atoms with Gasteiger partial charge in [-0.2, -0.15) is 0 Å². The average molecular weight is 340 g/mol. The van der Waals surface area contributed by atoms with Crippen LogP contribution in [0, 0.1) is 0 Å². The maximum Gasteiger partial charge on any atom is 0.230 e. The molecule has 130 valence electrons. The Bertz CT molecular complexity index is 804. The molecule has 2 amide bonds. The Morgan fingerprint density at radius 3 is 2.92 bits per heavy atom. The van der Waals surface area contributed by atoms with Crippen molar-refractivity contribution in [1.29, 1.82) is 0 Å². The molecule has 0 aromatic heterocycles. The number of anilines is 2. The summed E-state index contributed by atoms with van der Waals surface area (Å²) in [5.74, 6) is 1.20. The highest BCUT2D eigenvalue weighted by Crippen LogP contribution is 2.33. The van der Waals surface area contributed by atoms with Crippen LogP contribution in [0.2, 0.25) is 0 Å². The average Bonchev–Trinajstić information content (AvgIpc) is 2.74. The molecule has 0 bridgehead atoms. The first-order chi connectivity index (χ1) is 12.1. The number of benzene rings is 2. The topological polar surface area (TPSA) is 67.9 Å². The largest absolute Gasteiger partial charge is 0.497 e. The number of fused-ring (bicyclic) bond motifs is 1. The summed E-state index contributed by atoms with van der Waals surface area (Å²) in [6.07, 6.45) is 0.572. The second kappa shape index (κ2) is 7.25. The molecule has 1 N–H and O–H groups in total. The third kappa shape index (κ3) is 3.91. The van der Waals surface area contributed by atoms with E-state index in [9.17, 15) is 9.59 Å². The molecule has 0 saturated carbocycles. The van der Waals surface area contributed by atoms with Gasteiger partial charge < -0.3 is 19.7 Å². The maximum atomic E-state index is 12.3. The lowest BCUT2D eigenvalue weighted by Gasteiger charge is -2.17. The van der Waals surface area contributed by atoms with E-state index >= 15 is 0 Å². The molecule has 0 saturated heterocycles. The molecular weight excluding hydrogens is 320 g/mol.